The normalized spacial score (nSPS) is 43.7. The van der Waals surface area contributed by atoms with Crippen molar-refractivity contribution in [2.45, 2.75) is 63.8 Å². The lowest BCUT2D eigenvalue weighted by Crippen LogP contribution is -2.70. The second-order valence-corrected chi connectivity index (χ2v) is 9.21. The number of carbonyl (C=O) groups is 1. The van der Waals surface area contributed by atoms with Crippen LogP contribution in [0.3, 0.4) is 0 Å². The van der Waals surface area contributed by atoms with Gasteiger partial charge in [-0.05, 0) is 44.2 Å². The molecule has 29 heavy (non-hydrogen) atoms. The summed E-state index contributed by atoms with van der Waals surface area (Å²) in [5.74, 6) is -0.892. The molecule has 4 aliphatic heterocycles. The first-order valence-corrected chi connectivity index (χ1v) is 10.5. The predicted octanol–water partition coefficient (Wildman–Crippen LogP) is 2.82. The highest BCUT2D eigenvalue weighted by Crippen LogP contribution is 2.60. The molecule has 4 saturated heterocycles. The summed E-state index contributed by atoms with van der Waals surface area (Å²) in [6.45, 7) is 4.52. The Hall–Kier alpha value is -2.03. The molecule has 0 unspecified atom stereocenters. The third-order valence-corrected chi connectivity index (χ3v) is 7.58. The predicted molar refractivity (Wildman–Crippen MR) is 99.9 cm³/mol. The third-order valence-electron chi connectivity index (χ3n) is 7.58. The number of aromatic nitrogens is 3. The molecule has 154 valence electrons. The molecule has 1 aliphatic carbocycles. The van der Waals surface area contributed by atoms with Crippen LogP contribution in [0.1, 0.15) is 39.5 Å². The Morgan fingerprint density at radius 1 is 1.17 bits per heavy atom. The lowest BCUT2D eigenvalue weighted by Gasteiger charge is -2.58. The molecule has 2 aromatic rings. The van der Waals surface area contributed by atoms with Crippen molar-refractivity contribution in [3.8, 4) is 0 Å². The number of hydrogen-bond acceptors (Lipinski definition) is 7. The van der Waals surface area contributed by atoms with Gasteiger partial charge >= 0.3 is 5.97 Å². The van der Waals surface area contributed by atoms with Gasteiger partial charge in [0.25, 0.3) is 0 Å². The number of nitrogens with zero attached hydrogens (tertiary/aromatic N) is 3. The highest BCUT2D eigenvalue weighted by atomic mass is 17.3. The van der Waals surface area contributed by atoms with Gasteiger partial charge in [-0.3, -0.25) is 4.79 Å². The Kier molecular flexibility index (Phi) is 3.68. The third kappa shape index (κ3) is 2.39. The minimum atomic E-state index is -0.868. The molecule has 8 heteroatoms. The molecule has 7 rings (SSSR count). The number of benzene rings is 1. The molecule has 1 aromatic carbocycles. The standard InChI is InChI=1S/C21H25N3O5/c1-12-7-8-15-13(11-24-17-6-4-3-5-16(17)22-23-24)18(25)26-19-21(15)14(12)9-10-20(2,27-19)28-29-21/h3-6,12-15,19H,7-11H2,1-2H3/t12-,13-,14+,15+,19-,20-,21-/m1/s1. The van der Waals surface area contributed by atoms with Gasteiger partial charge in [0.1, 0.15) is 5.52 Å². The second-order valence-electron chi connectivity index (χ2n) is 9.21. The van der Waals surface area contributed by atoms with E-state index in [-0.39, 0.29) is 23.7 Å². The maximum absolute atomic E-state index is 13.1. The van der Waals surface area contributed by atoms with Crippen LogP contribution in [0.2, 0.25) is 0 Å². The first kappa shape index (κ1) is 17.8. The van der Waals surface area contributed by atoms with Gasteiger partial charge in [0.2, 0.25) is 12.1 Å². The molecule has 1 aromatic heterocycles. The van der Waals surface area contributed by atoms with Crippen LogP contribution in [0.4, 0.5) is 0 Å². The molecule has 0 amide bonds. The fourth-order valence-electron chi connectivity index (χ4n) is 6.06. The van der Waals surface area contributed by atoms with Crippen molar-refractivity contribution in [1.29, 1.82) is 0 Å². The van der Waals surface area contributed by atoms with E-state index in [0.29, 0.717) is 12.5 Å². The van der Waals surface area contributed by atoms with Crippen molar-refractivity contribution in [2.75, 3.05) is 0 Å². The second kappa shape index (κ2) is 6.00. The van der Waals surface area contributed by atoms with E-state index < -0.39 is 17.7 Å². The van der Waals surface area contributed by atoms with Crippen LogP contribution in [0.15, 0.2) is 24.3 Å². The van der Waals surface area contributed by atoms with E-state index in [4.69, 9.17) is 19.2 Å². The molecular formula is C21H25N3O5. The number of para-hydroxylation sites is 1. The van der Waals surface area contributed by atoms with Crippen molar-refractivity contribution in [2.24, 2.45) is 23.7 Å². The van der Waals surface area contributed by atoms with E-state index >= 15 is 0 Å². The highest BCUT2D eigenvalue weighted by molar-refractivity contribution is 5.76. The first-order chi connectivity index (χ1) is 14.0. The number of fused-ring (bicyclic) bond motifs is 3. The van der Waals surface area contributed by atoms with Gasteiger partial charge in [0.05, 0.1) is 18.0 Å². The SMILES string of the molecule is C[C@@H]1CC[C@H]2[C@@H](Cn3nnc4ccccc43)C(=O)O[C@@H]3O[C@@]4(C)CC[C@@H]1[C@]32OO4. The van der Waals surface area contributed by atoms with E-state index in [2.05, 4.69) is 17.2 Å². The summed E-state index contributed by atoms with van der Waals surface area (Å²) in [4.78, 5) is 25.1. The molecule has 5 fully saturated rings. The largest absolute Gasteiger partial charge is 0.432 e. The van der Waals surface area contributed by atoms with E-state index in [0.717, 1.165) is 36.7 Å². The van der Waals surface area contributed by atoms with Crippen LogP contribution < -0.4 is 0 Å². The lowest BCUT2D eigenvalue weighted by molar-refractivity contribution is -0.559. The maximum atomic E-state index is 13.1. The Bertz CT molecular complexity index is 978. The van der Waals surface area contributed by atoms with Gasteiger partial charge in [0, 0.05) is 18.3 Å². The van der Waals surface area contributed by atoms with Crippen LogP contribution >= 0.6 is 0 Å². The molecule has 5 aliphatic rings. The molecule has 1 saturated carbocycles. The Balaban J connectivity index is 1.41. The van der Waals surface area contributed by atoms with Crippen LogP contribution in [0.5, 0.6) is 0 Å². The quantitative estimate of drug-likeness (QED) is 0.567. The Morgan fingerprint density at radius 3 is 2.93 bits per heavy atom. The summed E-state index contributed by atoms with van der Waals surface area (Å²) in [6, 6.07) is 7.77. The van der Waals surface area contributed by atoms with Crippen LogP contribution in [-0.2, 0) is 30.6 Å². The summed E-state index contributed by atoms with van der Waals surface area (Å²) < 4.78 is 13.9. The number of esters is 1. The number of hydrogen-bond donors (Lipinski definition) is 0. The van der Waals surface area contributed by atoms with Crippen molar-refractivity contribution in [3.05, 3.63) is 24.3 Å². The van der Waals surface area contributed by atoms with Gasteiger partial charge < -0.3 is 9.47 Å². The van der Waals surface area contributed by atoms with Gasteiger partial charge in [-0.25, -0.2) is 14.5 Å². The first-order valence-electron chi connectivity index (χ1n) is 10.5. The van der Waals surface area contributed by atoms with Crippen molar-refractivity contribution >= 4 is 17.0 Å². The Morgan fingerprint density at radius 2 is 2.03 bits per heavy atom. The van der Waals surface area contributed by atoms with E-state index in [9.17, 15) is 4.79 Å². The van der Waals surface area contributed by atoms with Crippen LogP contribution in [-0.4, -0.2) is 38.6 Å². The number of rotatable bonds is 2. The average Bonchev–Trinajstić information content (AvgIpc) is 2.98. The fourth-order valence-corrected chi connectivity index (χ4v) is 6.06. The van der Waals surface area contributed by atoms with Crippen molar-refractivity contribution in [1.82, 2.24) is 15.0 Å². The average molecular weight is 399 g/mol. The maximum Gasteiger partial charge on any atom is 0.313 e. The lowest BCUT2D eigenvalue weighted by atomic mass is 9.58. The monoisotopic (exact) mass is 399 g/mol. The molecule has 0 N–H and O–H groups in total. The molecule has 1 spiro atoms. The van der Waals surface area contributed by atoms with Gasteiger partial charge in [0.15, 0.2) is 5.60 Å². The zero-order valence-corrected chi connectivity index (χ0v) is 16.6. The van der Waals surface area contributed by atoms with E-state index in [1.165, 1.54) is 0 Å². The molecule has 7 atom stereocenters. The van der Waals surface area contributed by atoms with Gasteiger partial charge in [-0.15, -0.1) is 5.10 Å². The molecule has 0 radical (unpaired) electrons. The summed E-state index contributed by atoms with van der Waals surface area (Å²) in [7, 11) is 0. The zero-order chi connectivity index (χ0) is 19.8. The smallest absolute Gasteiger partial charge is 0.313 e. The Labute approximate surface area is 168 Å². The number of carbonyl (C=O) groups excluding carboxylic acids is 1. The van der Waals surface area contributed by atoms with Crippen molar-refractivity contribution < 1.29 is 24.0 Å². The molecular weight excluding hydrogens is 374 g/mol. The topological polar surface area (TPSA) is 84.7 Å². The van der Waals surface area contributed by atoms with Gasteiger partial charge in [-0.1, -0.05) is 24.3 Å². The van der Waals surface area contributed by atoms with Crippen molar-refractivity contribution in [3.63, 3.8) is 0 Å². The molecule has 2 bridgehead atoms. The van der Waals surface area contributed by atoms with E-state index in [1.54, 1.807) is 4.68 Å². The number of ether oxygens (including phenoxy) is 2. The molecule has 8 nitrogen and oxygen atoms in total. The fraction of sp³-hybridized carbons (Fsp3) is 0.667. The van der Waals surface area contributed by atoms with E-state index in [1.807, 2.05) is 31.2 Å². The van der Waals surface area contributed by atoms with Crippen LogP contribution in [0, 0.1) is 23.7 Å². The minimum absolute atomic E-state index is 0.0550. The zero-order valence-electron chi connectivity index (χ0n) is 16.6. The molecule has 5 heterocycles. The minimum Gasteiger partial charge on any atom is -0.432 e. The van der Waals surface area contributed by atoms with Crippen LogP contribution in [0.25, 0.3) is 11.0 Å². The summed E-state index contributed by atoms with van der Waals surface area (Å²) in [5.41, 5.74) is 0.961. The highest BCUT2D eigenvalue weighted by Gasteiger charge is 2.70. The summed E-state index contributed by atoms with van der Waals surface area (Å²) in [5, 5.41) is 8.52. The van der Waals surface area contributed by atoms with Gasteiger partial charge in [-0.2, -0.15) is 0 Å². The summed E-state index contributed by atoms with van der Waals surface area (Å²) in [6.07, 6.45) is 2.84. The summed E-state index contributed by atoms with van der Waals surface area (Å²) >= 11 is 0.